The van der Waals surface area contributed by atoms with Crippen LogP contribution in [0.25, 0.3) is 0 Å². The number of benzene rings is 1. The Hall–Kier alpha value is -1.26. The van der Waals surface area contributed by atoms with Crippen LogP contribution in [0.15, 0.2) is 39.4 Å². The van der Waals surface area contributed by atoms with Crippen molar-refractivity contribution < 1.29 is 9.21 Å². The van der Waals surface area contributed by atoms with Gasteiger partial charge in [-0.1, -0.05) is 11.6 Å². The predicted molar refractivity (Wildman–Crippen MR) is 70.6 cm³/mol. The summed E-state index contributed by atoms with van der Waals surface area (Å²) in [4.78, 5) is 11.9. The maximum atomic E-state index is 11.9. The van der Waals surface area contributed by atoms with Gasteiger partial charge in [0.25, 0.3) is 5.91 Å². The quantitative estimate of drug-likeness (QED) is 0.900. The summed E-state index contributed by atoms with van der Waals surface area (Å²) >= 11 is 9.16. The van der Waals surface area contributed by atoms with Crippen molar-refractivity contribution in [1.82, 2.24) is 0 Å². The second-order valence-electron chi connectivity index (χ2n) is 3.47. The standard InChI is InChI=1S/C12H9BrClNO2/c1-7-9(4-5-17-7)12(16)15-8-2-3-11(14)10(13)6-8/h2-6H,1H3,(H,15,16). The molecule has 0 radical (unpaired) electrons. The Morgan fingerprint density at radius 2 is 2.18 bits per heavy atom. The highest BCUT2D eigenvalue weighted by molar-refractivity contribution is 9.10. The molecule has 0 aliphatic rings. The molecule has 0 unspecified atom stereocenters. The molecule has 1 heterocycles. The zero-order chi connectivity index (χ0) is 12.4. The SMILES string of the molecule is Cc1occc1C(=O)Nc1ccc(Cl)c(Br)c1. The second kappa shape index (κ2) is 4.94. The number of furan rings is 1. The lowest BCUT2D eigenvalue weighted by Crippen LogP contribution is -2.11. The Balaban J connectivity index is 2.19. The molecular formula is C12H9BrClNO2. The molecule has 1 aromatic carbocycles. The van der Waals surface area contributed by atoms with E-state index < -0.39 is 0 Å². The zero-order valence-corrected chi connectivity index (χ0v) is 11.3. The van der Waals surface area contributed by atoms with Gasteiger partial charge in [0.2, 0.25) is 0 Å². The molecule has 1 aromatic heterocycles. The largest absolute Gasteiger partial charge is 0.469 e. The van der Waals surface area contributed by atoms with Crippen LogP contribution in [0.3, 0.4) is 0 Å². The number of halogens is 2. The summed E-state index contributed by atoms with van der Waals surface area (Å²) in [5.74, 6) is 0.390. The molecule has 0 aliphatic heterocycles. The Kier molecular flexibility index (Phi) is 3.54. The molecule has 0 bridgehead atoms. The van der Waals surface area contributed by atoms with Gasteiger partial charge in [-0.3, -0.25) is 4.79 Å². The van der Waals surface area contributed by atoms with Gasteiger partial charge in [-0.15, -0.1) is 0 Å². The molecule has 0 spiro atoms. The number of aryl methyl sites for hydroxylation is 1. The summed E-state index contributed by atoms with van der Waals surface area (Å²) in [7, 11) is 0. The highest BCUT2D eigenvalue weighted by atomic mass is 79.9. The Labute approximate surface area is 112 Å². The van der Waals surface area contributed by atoms with Crippen molar-refractivity contribution in [2.24, 2.45) is 0 Å². The molecular weight excluding hydrogens is 305 g/mol. The van der Waals surface area contributed by atoms with Crippen LogP contribution in [-0.2, 0) is 0 Å². The number of amides is 1. The maximum Gasteiger partial charge on any atom is 0.259 e. The minimum absolute atomic E-state index is 0.203. The lowest BCUT2D eigenvalue weighted by Gasteiger charge is -2.05. The highest BCUT2D eigenvalue weighted by Gasteiger charge is 2.11. The van der Waals surface area contributed by atoms with Gasteiger partial charge in [-0.05, 0) is 47.1 Å². The van der Waals surface area contributed by atoms with E-state index in [0.29, 0.717) is 22.0 Å². The van der Waals surface area contributed by atoms with Crippen LogP contribution in [0, 0.1) is 6.92 Å². The van der Waals surface area contributed by atoms with E-state index in [9.17, 15) is 4.79 Å². The maximum absolute atomic E-state index is 11.9. The lowest BCUT2D eigenvalue weighted by atomic mass is 10.2. The van der Waals surface area contributed by atoms with Gasteiger partial charge in [0.15, 0.2) is 0 Å². The first-order valence-corrected chi connectivity index (χ1v) is 6.05. The fourth-order valence-corrected chi connectivity index (χ4v) is 1.89. The molecule has 5 heteroatoms. The Morgan fingerprint density at radius 1 is 1.41 bits per heavy atom. The van der Waals surface area contributed by atoms with Crippen molar-refractivity contribution in [3.8, 4) is 0 Å². The van der Waals surface area contributed by atoms with Crippen LogP contribution in [-0.4, -0.2) is 5.91 Å². The summed E-state index contributed by atoms with van der Waals surface area (Å²) in [5.41, 5.74) is 1.20. The lowest BCUT2D eigenvalue weighted by molar-refractivity contribution is 0.102. The molecule has 3 nitrogen and oxygen atoms in total. The first-order chi connectivity index (χ1) is 8.08. The number of anilines is 1. The Morgan fingerprint density at radius 3 is 2.76 bits per heavy atom. The summed E-state index contributed by atoms with van der Waals surface area (Å²) in [6.45, 7) is 1.74. The topological polar surface area (TPSA) is 42.2 Å². The van der Waals surface area contributed by atoms with Gasteiger partial charge in [0, 0.05) is 10.2 Å². The van der Waals surface area contributed by atoms with Crippen molar-refractivity contribution in [3.63, 3.8) is 0 Å². The molecule has 0 atom stereocenters. The molecule has 0 fully saturated rings. The molecule has 1 amide bonds. The molecule has 0 saturated heterocycles. The van der Waals surface area contributed by atoms with Gasteiger partial charge in [-0.2, -0.15) is 0 Å². The van der Waals surface area contributed by atoms with E-state index in [-0.39, 0.29) is 5.91 Å². The first-order valence-electron chi connectivity index (χ1n) is 4.88. The molecule has 2 rings (SSSR count). The van der Waals surface area contributed by atoms with E-state index in [1.54, 1.807) is 31.2 Å². The molecule has 88 valence electrons. The molecule has 0 saturated carbocycles. The average Bonchev–Trinajstić information content (AvgIpc) is 2.70. The molecule has 0 aliphatic carbocycles. The van der Waals surface area contributed by atoms with Gasteiger partial charge in [0.1, 0.15) is 5.76 Å². The summed E-state index contributed by atoms with van der Waals surface area (Å²) in [5, 5.41) is 3.37. The van der Waals surface area contributed by atoms with E-state index >= 15 is 0 Å². The van der Waals surface area contributed by atoms with Gasteiger partial charge in [-0.25, -0.2) is 0 Å². The third-order valence-electron chi connectivity index (χ3n) is 2.28. The van der Waals surface area contributed by atoms with Gasteiger partial charge in [0.05, 0.1) is 16.8 Å². The van der Waals surface area contributed by atoms with Crippen molar-refractivity contribution in [1.29, 1.82) is 0 Å². The van der Waals surface area contributed by atoms with E-state index in [0.717, 1.165) is 4.47 Å². The van der Waals surface area contributed by atoms with Crippen LogP contribution in [0.4, 0.5) is 5.69 Å². The fourth-order valence-electron chi connectivity index (χ4n) is 1.39. The van der Waals surface area contributed by atoms with E-state index in [1.165, 1.54) is 6.26 Å². The third kappa shape index (κ3) is 2.70. The average molecular weight is 315 g/mol. The number of carbonyl (C=O) groups is 1. The van der Waals surface area contributed by atoms with E-state index in [1.807, 2.05) is 0 Å². The number of nitrogens with one attached hydrogen (secondary N) is 1. The smallest absolute Gasteiger partial charge is 0.259 e. The van der Waals surface area contributed by atoms with Gasteiger partial charge >= 0.3 is 0 Å². The molecule has 17 heavy (non-hydrogen) atoms. The van der Waals surface area contributed by atoms with Crippen LogP contribution in [0.5, 0.6) is 0 Å². The first kappa shape index (κ1) is 12.2. The van der Waals surface area contributed by atoms with Crippen molar-refractivity contribution >= 4 is 39.1 Å². The molecule has 2 aromatic rings. The van der Waals surface area contributed by atoms with Crippen LogP contribution in [0.1, 0.15) is 16.1 Å². The van der Waals surface area contributed by atoms with Crippen molar-refractivity contribution in [2.75, 3.05) is 5.32 Å². The summed E-state index contributed by atoms with van der Waals surface area (Å²) in [6, 6.07) is 6.83. The van der Waals surface area contributed by atoms with Gasteiger partial charge < -0.3 is 9.73 Å². The zero-order valence-electron chi connectivity index (χ0n) is 8.96. The molecule has 1 N–H and O–H groups in total. The van der Waals surface area contributed by atoms with E-state index in [2.05, 4.69) is 21.2 Å². The number of hydrogen-bond acceptors (Lipinski definition) is 2. The van der Waals surface area contributed by atoms with Crippen LogP contribution in [0.2, 0.25) is 5.02 Å². The van der Waals surface area contributed by atoms with Crippen molar-refractivity contribution in [3.05, 3.63) is 51.3 Å². The van der Waals surface area contributed by atoms with Crippen molar-refractivity contribution in [2.45, 2.75) is 6.92 Å². The monoisotopic (exact) mass is 313 g/mol. The minimum atomic E-state index is -0.203. The second-order valence-corrected chi connectivity index (χ2v) is 4.74. The summed E-state index contributed by atoms with van der Waals surface area (Å²) < 4.78 is 5.81. The van der Waals surface area contributed by atoms with E-state index in [4.69, 9.17) is 16.0 Å². The van der Waals surface area contributed by atoms with Crippen LogP contribution < -0.4 is 5.32 Å². The predicted octanol–water partition coefficient (Wildman–Crippen LogP) is 4.26. The number of hydrogen-bond donors (Lipinski definition) is 1. The fraction of sp³-hybridized carbons (Fsp3) is 0.0833. The minimum Gasteiger partial charge on any atom is -0.469 e. The number of carbonyl (C=O) groups excluding carboxylic acids is 1. The van der Waals surface area contributed by atoms with Crippen LogP contribution >= 0.6 is 27.5 Å². The highest BCUT2D eigenvalue weighted by Crippen LogP contribution is 2.26. The normalized spacial score (nSPS) is 10.3. The third-order valence-corrected chi connectivity index (χ3v) is 3.49. The number of rotatable bonds is 2. The summed E-state index contributed by atoms with van der Waals surface area (Å²) in [6.07, 6.45) is 1.49. The Bertz CT molecular complexity index is 565.